The molecule has 1 heterocycles. The molecule has 0 saturated carbocycles. The van der Waals surface area contributed by atoms with Gasteiger partial charge in [-0.05, 0) is 19.4 Å². The van der Waals surface area contributed by atoms with Crippen molar-refractivity contribution in [2.75, 3.05) is 19.7 Å². The molecule has 5 heteroatoms. The van der Waals surface area contributed by atoms with E-state index in [0.717, 1.165) is 25.2 Å². The minimum absolute atomic E-state index is 0.210. The minimum Gasteiger partial charge on any atom is -0.388 e. The van der Waals surface area contributed by atoms with Crippen LogP contribution in [0.1, 0.15) is 43.1 Å². The average molecular weight is 318 g/mol. The molecule has 5 nitrogen and oxygen atoms in total. The van der Waals surface area contributed by atoms with Gasteiger partial charge in [-0.15, -0.1) is 0 Å². The number of rotatable bonds is 5. The molecule has 1 aromatic carbocycles. The van der Waals surface area contributed by atoms with Crippen LogP contribution in [0.25, 0.3) is 0 Å². The summed E-state index contributed by atoms with van der Waals surface area (Å²) < 4.78 is 0. The van der Waals surface area contributed by atoms with Crippen molar-refractivity contribution in [3.8, 4) is 0 Å². The Morgan fingerprint density at radius 2 is 1.70 bits per heavy atom. The fourth-order valence-corrected chi connectivity index (χ4v) is 3.38. The van der Waals surface area contributed by atoms with Crippen molar-refractivity contribution in [2.24, 2.45) is 0 Å². The van der Waals surface area contributed by atoms with Crippen LogP contribution in [0.5, 0.6) is 0 Å². The van der Waals surface area contributed by atoms with Gasteiger partial charge in [0.2, 0.25) is 5.91 Å². The van der Waals surface area contributed by atoms with Gasteiger partial charge in [0.15, 0.2) is 5.78 Å². The van der Waals surface area contributed by atoms with E-state index in [1.807, 2.05) is 24.0 Å². The van der Waals surface area contributed by atoms with Crippen molar-refractivity contribution in [1.82, 2.24) is 9.80 Å². The predicted octanol–water partition coefficient (Wildman–Crippen LogP) is 1.69. The first-order valence-corrected chi connectivity index (χ1v) is 8.22. The fraction of sp³-hybridized carbons (Fsp3) is 0.556. The maximum absolute atomic E-state index is 12.0. The van der Waals surface area contributed by atoms with Crippen molar-refractivity contribution in [3.05, 3.63) is 35.4 Å². The first-order valence-electron chi connectivity index (χ1n) is 8.22. The molecule has 1 amide bonds. The van der Waals surface area contributed by atoms with Crippen LogP contribution in [-0.2, 0) is 11.3 Å². The number of aliphatic hydroxyl groups excluding tert-OH is 1. The van der Waals surface area contributed by atoms with E-state index in [0.29, 0.717) is 12.0 Å². The normalized spacial score (nSPS) is 22.2. The quantitative estimate of drug-likeness (QED) is 0.839. The number of Topliss-reactive ketones (excluding diaryl/α,β-unsaturated/α-hetero) is 1. The monoisotopic (exact) mass is 318 g/mol. The van der Waals surface area contributed by atoms with Crippen molar-refractivity contribution in [1.29, 1.82) is 0 Å². The highest BCUT2D eigenvalue weighted by molar-refractivity contribution is 5.96. The van der Waals surface area contributed by atoms with Crippen LogP contribution in [0, 0.1) is 0 Å². The molecule has 1 aliphatic rings. The van der Waals surface area contributed by atoms with E-state index >= 15 is 0 Å². The lowest BCUT2D eigenvalue weighted by Gasteiger charge is -2.44. The van der Waals surface area contributed by atoms with Crippen LogP contribution in [-0.4, -0.2) is 58.4 Å². The predicted molar refractivity (Wildman–Crippen MR) is 89.2 cm³/mol. The lowest BCUT2D eigenvalue weighted by Crippen LogP contribution is -2.58. The van der Waals surface area contributed by atoms with Gasteiger partial charge in [0, 0.05) is 43.7 Å². The Kier molecular flexibility index (Phi) is 5.91. The van der Waals surface area contributed by atoms with Crippen LogP contribution < -0.4 is 0 Å². The number of piperazine rings is 1. The lowest BCUT2D eigenvalue weighted by atomic mass is 10.0. The fourth-order valence-electron chi connectivity index (χ4n) is 3.38. The van der Waals surface area contributed by atoms with Gasteiger partial charge in [-0.2, -0.15) is 0 Å². The van der Waals surface area contributed by atoms with Gasteiger partial charge in [0.1, 0.15) is 6.61 Å². The number of benzene rings is 1. The standard InChI is InChI=1S/C18H26N2O3/c1-4-18(23)20-13(2)9-19(10-14(20)3)11-15-5-7-16(8-6-15)17(22)12-21/h5-8,13-14,21H,4,9-12H2,1-3H3/t13-,14+. The maximum Gasteiger partial charge on any atom is 0.222 e. The number of hydrogen-bond donors (Lipinski definition) is 1. The number of aliphatic hydroxyl groups is 1. The Bertz CT molecular complexity index is 544. The third-order valence-electron chi connectivity index (χ3n) is 4.41. The molecule has 0 aliphatic carbocycles. The average Bonchev–Trinajstić information content (AvgIpc) is 2.54. The Balaban J connectivity index is 1.99. The molecular formula is C18H26N2O3. The summed E-state index contributed by atoms with van der Waals surface area (Å²) in [5, 5.41) is 8.88. The van der Waals surface area contributed by atoms with Gasteiger partial charge < -0.3 is 10.0 Å². The number of amides is 1. The summed E-state index contributed by atoms with van der Waals surface area (Å²) in [5.74, 6) is -0.0398. The lowest BCUT2D eigenvalue weighted by molar-refractivity contribution is -0.138. The van der Waals surface area contributed by atoms with Crippen molar-refractivity contribution in [2.45, 2.75) is 45.8 Å². The number of carbonyl (C=O) groups is 2. The summed E-state index contributed by atoms with van der Waals surface area (Å²) in [7, 11) is 0. The molecule has 0 radical (unpaired) electrons. The smallest absolute Gasteiger partial charge is 0.222 e. The molecule has 1 aromatic rings. The van der Waals surface area contributed by atoms with Gasteiger partial charge in [-0.3, -0.25) is 14.5 Å². The number of carbonyl (C=O) groups excluding carboxylic acids is 2. The Morgan fingerprint density at radius 3 is 2.17 bits per heavy atom. The van der Waals surface area contributed by atoms with Crippen LogP contribution in [0.3, 0.4) is 0 Å². The first kappa shape index (κ1) is 17.6. The second-order valence-corrected chi connectivity index (χ2v) is 6.32. The highest BCUT2D eigenvalue weighted by atomic mass is 16.3. The third-order valence-corrected chi connectivity index (χ3v) is 4.41. The van der Waals surface area contributed by atoms with Crippen molar-refractivity contribution >= 4 is 11.7 Å². The van der Waals surface area contributed by atoms with Crippen LogP contribution in [0.4, 0.5) is 0 Å². The van der Waals surface area contributed by atoms with Gasteiger partial charge in [-0.25, -0.2) is 0 Å². The molecule has 1 fully saturated rings. The molecule has 23 heavy (non-hydrogen) atoms. The second kappa shape index (κ2) is 7.70. The van der Waals surface area contributed by atoms with Gasteiger partial charge in [-0.1, -0.05) is 31.2 Å². The molecule has 1 N–H and O–H groups in total. The highest BCUT2D eigenvalue weighted by Crippen LogP contribution is 2.19. The number of nitrogens with zero attached hydrogens (tertiary/aromatic N) is 2. The first-order chi connectivity index (χ1) is 11.0. The summed E-state index contributed by atoms with van der Waals surface area (Å²) in [6, 6.07) is 7.81. The summed E-state index contributed by atoms with van der Waals surface area (Å²) >= 11 is 0. The Hall–Kier alpha value is -1.72. The van der Waals surface area contributed by atoms with E-state index in [-0.39, 0.29) is 23.8 Å². The van der Waals surface area contributed by atoms with Crippen LogP contribution in [0.2, 0.25) is 0 Å². The van der Waals surface area contributed by atoms with E-state index in [4.69, 9.17) is 5.11 Å². The van der Waals surface area contributed by atoms with E-state index in [9.17, 15) is 9.59 Å². The van der Waals surface area contributed by atoms with E-state index in [1.165, 1.54) is 0 Å². The summed E-state index contributed by atoms with van der Waals surface area (Å²) in [4.78, 5) is 27.8. The minimum atomic E-state index is -0.457. The molecule has 0 spiro atoms. The van der Waals surface area contributed by atoms with Gasteiger partial charge in [0.05, 0.1) is 0 Å². The Labute approximate surface area is 137 Å². The van der Waals surface area contributed by atoms with E-state index in [1.54, 1.807) is 12.1 Å². The highest BCUT2D eigenvalue weighted by Gasteiger charge is 2.31. The second-order valence-electron chi connectivity index (χ2n) is 6.32. The summed E-state index contributed by atoms with van der Waals surface area (Å²) in [6.07, 6.45) is 0.551. The van der Waals surface area contributed by atoms with Gasteiger partial charge in [0.25, 0.3) is 0 Å². The van der Waals surface area contributed by atoms with E-state index < -0.39 is 6.61 Å². The van der Waals surface area contributed by atoms with Gasteiger partial charge >= 0.3 is 0 Å². The molecule has 2 atom stereocenters. The molecule has 0 aromatic heterocycles. The topological polar surface area (TPSA) is 60.9 Å². The number of ketones is 1. The van der Waals surface area contributed by atoms with E-state index in [2.05, 4.69) is 18.7 Å². The molecule has 0 unspecified atom stereocenters. The zero-order valence-corrected chi connectivity index (χ0v) is 14.2. The maximum atomic E-state index is 12.0. The third kappa shape index (κ3) is 4.18. The SMILES string of the molecule is CCC(=O)N1[C@H](C)CN(Cc2ccc(C(=O)CO)cc2)C[C@@H]1C. The molecule has 1 aliphatic heterocycles. The summed E-state index contributed by atoms with van der Waals surface area (Å²) in [5.41, 5.74) is 1.67. The largest absolute Gasteiger partial charge is 0.388 e. The van der Waals surface area contributed by atoms with Crippen molar-refractivity contribution in [3.63, 3.8) is 0 Å². The number of hydrogen-bond acceptors (Lipinski definition) is 4. The van der Waals surface area contributed by atoms with Crippen LogP contribution >= 0.6 is 0 Å². The zero-order chi connectivity index (χ0) is 17.0. The molecule has 1 saturated heterocycles. The van der Waals surface area contributed by atoms with Crippen molar-refractivity contribution < 1.29 is 14.7 Å². The molecule has 2 rings (SSSR count). The molecule has 0 bridgehead atoms. The Morgan fingerprint density at radius 1 is 1.13 bits per heavy atom. The summed E-state index contributed by atoms with van der Waals surface area (Å²) in [6.45, 7) is 8.15. The zero-order valence-electron chi connectivity index (χ0n) is 14.2. The van der Waals surface area contributed by atoms with Crippen LogP contribution in [0.15, 0.2) is 24.3 Å². The molecule has 126 valence electrons. The molecular weight excluding hydrogens is 292 g/mol.